The molecule has 1 unspecified atom stereocenters. The minimum Gasteiger partial charge on any atom is -0.123 e. The van der Waals surface area contributed by atoms with Gasteiger partial charge in [0, 0.05) is 10.1 Å². The Morgan fingerprint density at radius 1 is 1.36 bits per heavy atom. The van der Waals surface area contributed by atoms with Gasteiger partial charge in [-0.25, -0.2) is 0 Å². The van der Waals surface area contributed by atoms with Gasteiger partial charge in [-0.15, -0.1) is 11.8 Å². The summed E-state index contributed by atoms with van der Waals surface area (Å²) in [5.74, 6) is 0. The van der Waals surface area contributed by atoms with Gasteiger partial charge in [0.2, 0.25) is 0 Å². The van der Waals surface area contributed by atoms with E-state index in [0.29, 0.717) is 0 Å². The predicted molar refractivity (Wildman–Crippen MR) is 49.8 cm³/mol. The molecule has 11 heavy (non-hydrogen) atoms. The number of rotatable bonds is 0. The Hall–Kier alpha value is -0.430. The Kier molecular flexibility index (Phi) is 1.91. The number of fused-ring (bicyclic) bond motifs is 1. The summed E-state index contributed by atoms with van der Waals surface area (Å²) < 4.78 is 0. The number of hydrogen-bond acceptors (Lipinski definition) is 1. The van der Waals surface area contributed by atoms with E-state index < -0.39 is 0 Å². The first-order chi connectivity index (χ1) is 5.36. The molecule has 1 aromatic carbocycles. The molecule has 1 aromatic rings. The number of benzene rings is 1. The summed E-state index contributed by atoms with van der Waals surface area (Å²) >= 11 is 1.98. The van der Waals surface area contributed by atoms with Crippen LogP contribution < -0.4 is 0 Å². The first-order valence-electron chi connectivity index (χ1n) is 3.95. The van der Waals surface area contributed by atoms with Crippen LogP contribution >= 0.6 is 11.8 Å². The summed E-state index contributed by atoms with van der Waals surface area (Å²) in [7, 11) is 0. The zero-order chi connectivity index (χ0) is 7.68. The molecule has 1 radical (unpaired) electrons. The van der Waals surface area contributed by atoms with Crippen LogP contribution in [0.2, 0.25) is 0 Å². The van der Waals surface area contributed by atoms with Crippen molar-refractivity contribution in [3.8, 4) is 0 Å². The molecule has 1 heterocycles. The summed E-state index contributed by atoms with van der Waals surface area (Å²) in [4.78, 5) is 1.44. The van der Waals surface area contributed by atoms with E-state index in [1.807, 2.05) is 11.8 Å². The quantitative estimate of drug-likeness (QED) is 0.566. The maximum Gasteiger partial charge on any atom is 0.0110 e. The van der Waals surface area contributed by atoms with Gasteiger partial charge in [0.1, 0.15) is 0 Å². The Morgan fingerprint density at radius 2 is 2.18 bits per heavy atom. The molecular formula is C10H11S. The van der Waals surface area contributed by atoms with E-state index in [1.54, 1.807) is 0 Å². The van der Waals surface area contributed by atoms with Crippen molar-refractivity contribution in [1.29, 1.82) is 0 Å². The third-order valence-electron chi connectivity index (χ3n) is 1.92. The summed E-state index contributed by atoms with van der Waals surface area (Å²) in [6, 6.07) is 8.60. The van der Waals surface area contributed by atoms with Crippen molar-refractivity contribution in [2.24, 2.45) is 0 Å². The minimum atomic E-state index is 0.755. The highest BCUT2D eigenvalue weighted by molar-refractivity contribution is 8.00. The van der Waals surface area contributed by atoms with Crippen LogP contribution in [0.5, 0.6) is 0 Å². The summed E-state index contributed by atoms with van der Waals surface area (Å²) in [6.45, 7) is 2.27. The SMILES string of the molecule is CC1C[CH]c2ccccc2S1. The molecule has 0 bridgehead atoms. The first-order valence-corrected chi connectivity index (χ1v) is 4.83. The van der Waals surface area contributed by atoms with Gasteiger partial charge < -0.3 is 0 Å². The summed E-state index contributed by atoms with van der Waals surface area (Å²) in [5.41, 5.74) is 1.41. The highest BCUT2D eigenvalue weighted by atomic mass is 32.2. The monoisotopic (exact) mass is 163 g/mol. The maximum atomic E-state index is 2.33. The zero-order valence-corrected chi connectivity index (χ0v) is 7.40. The molecule has 57 valence electrons. The molecule has 0 N–H and O–H groups in total. The molecule has 0 aliphatic carbocycles. The zero-order valence-electron chi connectivity index (χ0n) is 6.58. The Balaban J connectivity index is 2.34. The lowest BCUT2D eigenvalue weighted by Crippen LogP contribution is -2.04. The maximum absolute atomic E-state index is 2.33. The molecule has 1 heteroatoms. The topological polar surface area (TPSA) is 0 Å². The summed E-state index contributed by atoms with van der Waals surface area (Å²) in [6.07, 6.45) is 3.54. The second-order valence-corrected chi connectivity index (χ2v) is 4.39. The van der Waals surface area contributed by atoms with Gasteiger partial charge in [-0.05, 0) is 24.5 Å². The molecule has 1 atom stereocenters. The molecule has 0 fully saturated rings. The third-order valence-corrected chi connectivity index (χ3v) is 3.14. The normalized spacial score (nSPS) is 22.8. The van der Waals surface area contributed by atoms with E-state index in [2.05, 4.69) is 37.6 Å². The molecular weight excluding hydrogens is 152 g/mol. The van der Waals surface area contributed by atoms with Gasteiger partial charge >= 0.3 is 0 Å². The fraction of sp³-hybridized carbons (Fsp3) is 0.300. The second-order valence-electron chi connectivity index (χ2n) is 2.91. The van der Waals surface area contributed by atoms with Crippen LogP contribution in [0.25, 0.3) is 0 Å². The fourth-order valence-electron chi connectivity index (χ4n) is 1.31. The van der Waals surface area contributed by atoms with Gasteiger partial charge in [-0.3, -0.25) is 0 Å². The van der Waals surface area contributed by atoms with Crippen molar-refractivity contribution in [3.05, 3.63) is 36.2 Å². The van der Waals surface area contributed by atoms with E-state index in [9.17, 15) is 0 Å². The lowest BCUT2D eigenvalue weighted by Gasteiger charge is -2.19. The standard InChI is InChI=1S/C10H11S/c1-8-6-7-9-4-2-3-5-10(9)11-8/h2-5,7-8H,6H2,1H3. The van der Waals surface area contributed by atoms with Crippen molar-refractivity contribution < 1.29 is 0 Å². The summed E-state index contributed by atoms with van der Waals surface area (Å²) in [5, 5.41) is 0.755. The van der Waals surface area contributed by atoms with Crippen molar-refractivity contribution in [1.82, 2.24) is 0 Å². The minimum absolute atomic E-state index is 0.755. The second kappa shape index (κ2) is 2.90. The first kappa shape index (κ1) is 7.23. The molecule has 2 rings (SSSR count). The van der Waals surface area contributed by atoms with Gasteiger partial charge in [0.25, 0.3) is 0 Å². The van der Waals surface area contributed by atoms with Crippen LogP contribution in [0, 0.1) is 6.42 Å². The Morgan fingerprint density at radius 3 is 3.09 bits per heavy atom. The molecule has 0 saturated carbocycles. The largest absolute Gasteiger partial charge is 0.123 e. The predicted octanol–water partition coefficient (Wildman–Crippen LogP) is 3.12. The van der Waals surface area contributed by atoms with E-state index >= 15 is 0 Å². The van der Waals surface area contributed by atoms with E-state index in [1.165, 1.54) is 16.9 Å². The smallest absolute Gasteiger partial charge is 0.0110 e. The van der Waals surface area contributed by atoms with Crippen molar-refractivity contribution in [3.63, 3.8) is 0 Å². The van der Waals surface area contributed by atoms with E-state index in [-0.39, 0.29) is 0 Å². The van der Waals surface area contributed by atoms with Gasteiger partial charge in [-0.2, -0.15) is 0 Å². The van der Waals surface area contributed by atoms with Crippen LogP contribution in [0.4, 0.5) is 0 Å². The van der Waals surface area contributed by atoms with Crippen LogP contribution in [-0.2, 0) is 0 Å². The van der Waals surface area contributed by atoms with Gasteiger partial charge in [0.15, 0.2) is 0 Å². The number of hydrogen-bond donors (Lipinski definition) is 0. The van der Waals surface area contributed by atoms with Crippen molar-refractivity contribution >= 4 is 11.8 Å². The van der Waals surface area contributed by atoms with Crippen LogP contribution in [-0.4, -0.2) is 5.25 Å². The lowest BCUT2D eigenvalue weighted by molar-refractivity contribution is 0.906. The molecule has 0 amide bonds. The fourth-order valence-corrected chi connectivity index (χ4v) is 2.38. The van der Waals surface area contributed by atoms with Crippen LogP contribution in [0.15, 0.2) is 29.2 Å². The molecule has 0 nitrogen and oxygen atoms in total. The highest BCUT2D eigenvalue weighted by Gasteiger charge is 2.14. The van der Waals surface area contributed by atoms with Gasteiger partial charge in [0.05, 0.1) is 0 Å². The molecule has 0 aromatic heterocycles. The van der Waals surface area contributed by atoms with Gasteiger partial charge in [-0.1, -0.05) is 25.1 Å². The highest BCUT2D eigenvalue weighted by Crippen LogP contribution is 2.35. The third kappa shape index (κ3) is 1.43. The molecule has 0 spiro atoms. The van der Waals surface area contributed by atoms with Crippen molar-refractivity contribution in [2.45, 2.75) is 23.5 Å². The van der Waals surface area contributed by atoms with Crippen LogP contribution in [0.3, 0.4) is 0 Å². The van der Waals surface area contributed by atoms with E-state index in [4.69, 9.17) is 0 Å². The number of thioether (sulfide) groups is 1. The molecule has 1 aliphatic rings. The molecule has 0 saturated heterocycles. The lowest BCUT2D eigenvalue weighted by atomic mass is 10.1. The van der Waals surface area contributed by atoms with Crippen LogP contribution in [0.1, 0.15) is 18.9 Å². The Bertz CT molecular complexity index is 255. The van der Waals surface area contributed by atoms with E-state index in [0.717, 1.165) is 5.25 Å². The average molecular weight is 163 g/mol. The van der Waals surface area contributed by atoms with Crippen molar-refractivity contribution in [2.75, 3.05) is 0 Å². The Labute approximate surface area is 72.0 Å². The molecule has 1 aliphatic heterocycles. The average Bonchev–Trinajstić information content (AvgIpc) is 2.04.